The summed E-state index contributed by atoms with van der Waals surface area (Å²) in [7, 11) is 0. The van der Waals surface area contributed by atoms with Crippen molar-refractivity contribution in [1.82, 2.24) is 0 Å². The van der Waals surface area contributed by atoms with E-state index in [9.17, 15) is 4.79 Å². The van der Waals surface area contributed by atoms with Crippen LogP contribution in [0.1, 0.15) is 73.6 Å². The zero-order valence-corrected chi connectivity index (χ0v) is 13.1. The lowest BCUT2D eigenvalue weighted by Gasteiger charge is -2.41. The maximum absolute atomic E-state index is 12.3. The van der Waals surface area contributed by atoms with Crippen molar-refractivity contribution < 1.29 is 9.53 Å². The second-order valence-electron chi connectivity index (χ2n) is 8.20. The van der Waals surface area contributed by atoms with Gasteiger partial charge in [-0.15, -0.1) is 0 Å². The molecule has 0 N–H and O–H groups in total. The molecule has 1 unspecified atom stereocenters. The van der Waals surface area contributed by atoms with Gasteiger partial charge in [-0.2, -0.15) is 0 Å². The molecule has 1 aliphatic carbocycles. The number of hydrogen-bond donors (Lipinski definition) is 0. The molecule has 0 aromatic rings. The zero-order chi connectivity index (χ0) is 14.0. The number of rotatable bonds is 3. The van der Waals surface area contributed by atoms with Crippen molar-refractivity contribution in [1.29, 1.82) is 0 Å². The third-order valence-electron chi connectivity index (χ3n) is 4.03. The van der Waals surface area contributed by atoms with Crippen LogP contribution in [0, 0.1) is 16.2 Å². The maximum atomic E-state index is 12.3. The van der Waals surface area contributed by atoms with E-state index in [1.807, 2.05) is 0 Å². The molecule has 0 aliphatic heterocycles. The minimum absolute atomic E-state index is 0.0134. The van der Waals surface area contributed by atoms with Crippen LogP contribution in [0.2, 0.25) is 0 Å². The molecule has 0 radical (unpaired) electrons. The molecule has 0 spiro atoms. The summed E-state index contributed by atoms with van der Waals surface area (Å²) in [4.78, 5) is 12.3. The third kappa shape index (κ3) is 4.62. The molecular weight excluding hydrogens is 224 g/mol. The van der Waals surface area contributed by atoms with Gasteiger partial charge < -0.3 is 4.74 Å². The first-order valence-corrected chi connectivity index (χ1v) is 7.21. The van der Waals surface area contributed by atoms with Crippen molar-refractivity contribution in [3.63, 3.8) is 0 Å². The fraction of sp³-hybridized carbons (Fsp3) is 0.938. The fourth-order valence-corrected chi connectivity index (χ4v) is 2.99. The fourth-order valence-electron chi connectivity index (χ4n) is 2.99. The Labute approximate surface area is 112 Å². The van der Waals surface area contributed by atoms with Crippen molar-refractivity contribution in [2.24, 2.45) is 16.2 Å². The Morgan fingerprint density at radius 3 is 2.28 bits per heavy atom. The molecule has 0 bridgehead atoms. The summed E-state index contributed by atoms with van der Waals surface area (Å²) in [5, 5.41) is 0. The number of ether oxygens (including phenoxy) is 1. The lowest BCUT2D eigenvalue weighted by Crippen LogP contribution is -2.38. The molecule has 0 aromatic carbocycles. The molecule has 1 rings (SSSR count). The largest absolute Gasteiger partial charge is 0.465 e. The quantitative estimate of drug-likeness (QED) is 0.689. The van der Waals surface area contributed by atoms with Crippen molar-refractivity contribution in [2.45, 2.75) is 73.6 Å². The summed E-state index contributed by atoms with van der Waals surface area (Å²) >= 11 is 0. The lowest BCUT2D eigenvalue weighted by atomic mass is 9.64. The smallest absolute Gasteiger partial charge is 0.311 e. The van der Waals surface area contributed by atoms with Crippen LogP contribution in [-0.4, -0.2) is 12.6 Å². The molecule has 0 aromatic heterocycles. The number of carbonyl (C=O) groups excluding carboxylic acids is 1. The summed E-state index contributed by atoms with van der Waals surface area (Å²) < 4.78 is 5.51. The van der Waals surface area contributed by atoms with Crippen LogP contribution in [0.15, 0.2) is 0 Å². The molecule has 1 atom stereocenters. The van der Waals surface area contributed by atoms with Crippen LogP contribution in [0.5, 0.6) is 0 Å². The lowest BCUT2D eigenvalue weighted by molar-refractivity contribution is -0.160. The van der Waals surface area contributed by atoms with E-state index in [1.54, 1.807) is 0 Å². The van der Waals surface area contributed by atoms with Crippen molar-refractivity contribution >= 4 is 5.97 Å². The normalized spacial score (nSPS) is 27.9. The zero-order valence-electron chi connectivity index (χ0n) is 13.1. The van der Waals surface area contributed by atoms with Gasteiger partial charge in [0.05, 0.1) is 12.0 Å². The van der Waals surface area contributed by atoms with Gasteiger partial charge in [0.2, 0.25) is 0 Å². The highest BCUT2D eigenvalue weighted by Gasteiger charge is 2.42. The molecule has 0 saturated heterocycles. The van der Waals surface area contributed by atoms with E-state index in [-0.39, 0.29) is 22.2 Å². The Morgan fingerprint density at radius 2 is 1.78 bits per heavy atom. The molecule has 0 amide bonds. The monoisotopic (exact) mass is 254 g/mol. The minimum atomic E-state index is -0.264. The predicted octanol–water partition coefficient (Wildman–Crippen LogP) is 4.57. The van der Waals surface area contributed by atoms with Gasteiger partial charge in [-0.3, -0.25) is 4.79 Å². The Morgan fingerprint density at radius 1 is 1.17 bits per heavy atom. The van der Waals surface area contributed by atoms with E-state index in [2.05, 4.69) is 41.5 Å². The molecule has 18 heavy (non-hydrogen) atoms. The Hall–Kier alpha value is -0.530. The Balaban J connectivity index is 2.50. The summed E-state index contributed by atoms with van der Waals surface area (Å²) in [6.07, 6.45) is 5.22. The van der Waals surface area contributed by atoms with Crippen LogP contribution >= 0.6 is 0 Å². The molecule has 0 heterocycles. The van der Waals surface area contributed by atoms with Crippen LogP contribution in [0.3, 0.4) is 0 Å². The van der Waals surface area contributed by atoms with Crippen molar-refractivity contribution in [2.75, 3.05) is 6.61 Å². The average Bonchev–Trinajstić information content (AvgIpc) is 2.13. The van der Waals surface area contributed by atoms with Crippen molar-refractivity contribution in [3.8, 4) is 0 Å². The standard InChI is InChI=1S/C16H30O2/c1-14(2,3)10-11-18-13(17)16(6)9-7-8-15(4,5)12-16/h7-12H2,1-6H3. The Kier molecular flexibility index (Phi) is 4.51. The second-order valence-corrected chi connectivity index (χ2v) is 8.20. The van der Waals surface area contributed by atoms with E-state index in [0.717, 1.165) is 25.7 Å². The summed E-state index contributed by atoms with van der Waals surface area (Å²) in [5.74, 6) is 0.0134. The summed E-state index contributed by atoms with van der Waals surface area (Å²) in [6, 6.07) is 0. The molecule has 1 fully saturated rings. The highest BCUT2D eigenvalue weighted by Crippen LogP contribution is 2.46. The van der Waals surface area contributed by atoms with E-state index < -0.39 is 0 Å². The topological polar surface area (TPSA) is 26.3 Å². The van der Waals surface area contributed by atoms with Crippen molar-refractivity contribution in [3.05, 3.63) is 0 Å². The van der Waals surface area contributed by atoms with Gasteiger partial charge in [0.25, 0.3) is 0 Å². The summed E-state index contributed by atoms with van der Waals surface area (Å²) in [5.41, 5.74) is 0.239. The summed E-state index contributed by atoms with van der Waals surface area (Å²) in [6.45, 7) is 13.7. The van der Waals surface area contributed by atoms with Crippen LogP contribution in [0.25, 0.3) is 0 Å². The van der Waals surface area contributed by atoms with Gasteiger partial charge in [-0.1, -0.05) is 41.0 Å². The first-order valence-electron chi connectivity index (χ1n) is 7.21. The SMILES string of the molecule is CC(C)(C)CCOC(=O)C1(C)CCCC(C)(C)C1. The third-order valence-corrected chi connectivity index (χ3v) is 4.03. The van der Waals surface area contributed by atoms with E-state index >= 15 is 0 Å². The van der Waals surface area contributed by atoms with Gasteiger partial charge in [-0.05, 0) is 43.4 Å². The van der Waals surface area contributed by atoms with Gasteiger partial charge in [0.1, 0.15) is 0 Å². The van der Waals surface area contributed by atoms with E-state index in [4.69, 9.17) is 4.74 Å². The first kappa shape index (κ1) is 15.5. The minimum Gasteiger partial charge on any atom is -0.465 e. The number of esters is 1. The van der Waals surface area contributed by atoms with Gasteiger partial charge in [0, 0.05) is 0 Å². The number of carbonyl (C=O) groups is 1. The molecule has 2 nitrogen and oxygen atoms in total. The van der Waals surface area contributed by atoms with E-state index in [0.29, 0.717) is 6.61 Å². The molecule has 1 aliphatic rings. The van der Waals surface area contributed by atoms with E-state index in [1.165, 1.54) is 6.42 Å². The van der Waals surface area contributed by atoms with Crippen LogP contribution in [0.4, 0.5) is 0 Å². The second kappa shape index (κ2) is 5.22. The predicted molar refractivity (Wildman–Crippen MR) is 75.4 cm³/mol. The van der Waals surface area contributed by atoms with Gasteiger partial charge in [0.15, 0.2) is 0 Å². The first-order chi connectivity index (χ1) is 8.04. The molecule has 106 valence electrons. The van der Waals surface area contributed by atoms with Crippen LogP contribution in [-0.2, 0) is 9.53 Å². The van der Waals surface area contributed by atoms with Gasteiger partial charge >= 0.3 is 5.97 Å². The Bertz CT molecular complexity index is 299. The highest BCUT2D eigenvalue weighted by molar-refractivity contribution is 5.76. The van der Waals surface area contributed by atoms with Gasteiger partial charge in [-0.25, -0.2) is 0 Å². The van der Waals surface area contributed by atoms with Crippen LogP contribution < -0.4 is 0 Å². The maximum Gasteiger partial charge on any atom is 0.311 e. The molecule has 2 heteroatoms. The number of hydrogen-bond acceptors (Lipinski definition) is 2. The molecular formula is C16H30O2. The average molecular weight is 254 g/mol. The highest BCUT2D eigenvalue weighted by atomic mass is 16.5. The molecule has 1 saturated carbocycles.